The van der Waals surface area contributed by atoms with Crippen molar-refractivity contribution in [2.75, 3.05) is 6.61 Å². The molecule has 1 saturated heterocycles. The van der Waals surface area contributed by atoms with Crippen LogP contribution in [0, 0.1) is 0 Å². The summed E-state index contributed by atoms with van der Waals surface area (Å²) in [5.74, 6) is -0.376. The highest BCUT2D eigenvalue weighted by atomic mass is 28.4. The lowest BCUT2D eigenvalue weighted by Crippen LogP contribution is -2.70. The third-order valence-corrected chi connectivity index (χ3v) is 9.95. The highest BCUT2D eigenvalue weighted by Crippen LogP contribution is 2.37. The fraction of sp³-hybridized carbons (Fsp3) is 0.636. The van der Waals surface area contributed by atoms with Crippen LogP contribution in [0.25, 0.3) is 0 Å². The summed E-state index contributed by atoms with van der Waals surface area (Å²) in [6.07, 6.45) is -1.36. The van der Waals surface area contributed by atoms with Gasteiger partial charge in [-0.15, -0.1) is 0 Å². The molecule has 0 bridgehead atoms. The van der Waals surface area contributed by atoms with Gasteiger partial charge in [0, 0.05) is 0 Å². The van der Waals surface area contributed by atoms with E-state index in [1.54, 1.807) is 20.8 Å². The van der Waals surface area contributed by atoms with Gasteiger partial charge in [0.15, 0.2) is 14.4 Å². The molecule has 29 heavy (non-hydrogen) atoms. The smallest absolute Gasteiger partial charge is 0.417 e. The van der Waals surface area contributed by atoms with Gasteiger partial charge in [0.05, 0.1) is 13.2 Å². The second-order valence-electron chi connectivity index (χ2n) is 10.0. The summed E-state index contributed by atoms with van der Waals surface area (Å²) in [7, 11) is -2.05. The van der Waals surface area contributed by atoms with E-state index in [1.165, 1.54) is 0 Å². The Morgan fingerprint density at radius 2 is 1.66 bits per heavy atom. The maximum absolute atomic E-state index is 12.7. The number of β-lactam (4-membered cyclic amide) rings is 1. The Hall–Kier alpha value is -1.70. The molecule has 1 heterocycles. The molecule has 1 aliphatic heterocycles. The molecule has 0 spiro atoms. The molecule has 7 heteroatoms. The van der Waals surface area contributed by atoms with Crippen LogP contribution < -0.4 is 0 Å². The number of rotatable bonds is 6. The zero-order valence-corrected chi connectivity index (χ0v) is 19.9. The summed E-state index contributed by atoms with van der Waals surface area (Å²) in [6, 6.07) is 9.16. The lowest BCUT2D eigenvalue weighted by molar-refractivity contribution is -0.175. The summed E-state index contributed by atoms with van der Waals surface area (Å²) in [4.78, 5) is 26.4. The van der Waals surface area contributed by atoms with Gasteiger partial charge in [0.25, 0.3) is 5.91 Å². The maximum atomic E-state index is 12.7. The molecule has 0 saturated carbocycles. The molecule has 2 rings (SSSR count). The van der Waals surface area contributed by atoms with E-state index in [0.29, 0.717) is 6.61 Å². The SMILES string of the molecule is CC(C)(C)OC(=O)N1C(=O)[C@H](OCc2ccccc2)[C@@H]1CO[Si](C)(C)C(C)(C)C. The average Bonchev–Trinajstić information content (AvgIpc) is 2.56. The maximum Gasteiger partial charge on any atom is 0.417 e. The number of nitrogens with zero attached hydrogens (tertiary/aromatic N) is 1. The first-order valence-corrected chi connectivity index (χ1v) is 13.0. The molecule has 1 aromatic rings. The van der Waals surface area contributed by atoms with Crippen LogP contribution >= 0.6 is 0 Å². The minimum absolute atomic E-state index is 0.0257. The molecular formula is C22H35NO5Si. The summed E-state index contributed by atoms with van der Waals surface area (Å²) < 4.78 is 17.6. The van der Waals surface area contributed by atoms with Crippen molar-refractivity contribution < 1.29 is 23.5 Å². The Balaban J connectivity index is 2.12. The number of hydrogen-bond donors (Lipinski definition) is 0. The van der Waals surface area contributed by atoms with Crippen LogP contribution in [0.2, 0.25) is 18.1 Å². The van der Waals surface area contributed by atoms with Gasteiger partial charge in [-0.1, -0.05) is 51.1 Å². The van der Waals surface area contributed by atoms with Crippen LogP contribution in [-0.2, 0) is 25.3 Å². The topological polar surface area (TPSA) is 65.1 Å². The Labute approximate surface area is 175 Å². The van der Waals surface area contributed by atoms with Crippen LogP contribution in [0.15, 0.2) is 30.3 Å². The van der Waals surface area contributed by atoms with Crippen molar-refractivity contribution in [3.63, 3.8) is 0 Å². The molecule has 1 aliphatic rings. The molecule has 2 amide bonds. The fourth-order valence-electron chi connectivity index (χ4n) is 2.67. The minimum Gasteiger partial charge on any atom is -0.443 e. The Kier molecular flexibility index (Phi) is 6.97. The molecule has 0 aliphatic carbocycles. The highest BCUT2D eigenvalue weighted by molar-refractivity contribution is 6.74. The average molecular weight is 422 g/mol. The van der Waals surface area contributed by atoms with Crippen LogP contribution in [0.1, 0.15) is 47.1 Å². The van der Waals surface area contributed by atoms with E-state index in [4.69, 9.17) is 13.9 Å². The molecule has 0 N–H and O–H groups in total. The first-order valence-electron chi connectivity index (χ1n) is 10.1. The first kappa shape index (κ1) is 23.6. The molecule has 6 nitrogen and oxygen atoms in total. The molecule has 1 fully saturated rings. The molecular weight excluding hydrogens is 386 g/mol. The number of likely N-dealkylation sites (tertiary alicyclic amines) is 1. The van der Waals surface area contributed by atoms with E-state index in [1.807, 2.05) is 30.3 Å². The molecule has 2 atom stereocenters. The van der Waals surface area contributed by atoms with E-state index in [2.05, 4.69) is 33.9 Å². The van der Waals surface area contributed by atoms with Gasteiger partial charge in [-0.2, -0.15) is 0 Å². The van der Waals surface area contributed by atoms with Gasteiger partial charge < -0.3 is 13.9 Å². The quantitative estimate of drug-likeness (QED) is 0.490. The van der Waals surface area contributed by atoms with Gasteiger partial charge in [-0.05, 0) is 44.5 Å². The van der Waals surface area contributed by atoms with Crippen LogP contribution in [0.5, 0.6) is 0 Å². The number of amides is 2. The standard InChI is InChI=1S/C22H35NO5Si/c1-21(2,3)28-20(25)23-17(15-27-29(7,8)22(4,5)6)18(19(23)24)26-14-16-12-10-9-11-13-16/h9-13,17-18H,14-15H2,1-8H3/t17-,18+/m0/s1. The lowest BCUT2D eigenvalue weighted by atomic mass is 9.99. The van der Waals surface area contributed by atoms with Crippen molar-refractivity contribution in [1.29, 1.82) is 0 Å². The van der Waals surface area contributed by atoms with Crippen LogP contribution in [0.3, 0.4) is 0 Å². The number of benzene rings is 1. The Morgan fingerprint density at radius 1 is 1.07 bits per heavy atom. The molecule has 0 aromatic heterocycles. The minimum atomic E-state index is -2.05. The van der Waals surface area contributed by atoms with Crippen molar-refractivity contribution in [2.24, 2.45) is 0 Å². The zero-order chi connectivity index (χ0) is 22.0. The lowest BCUT2D eigenvalue weighted by Gasteiger charge is -2.46. The van der Waals surface area contributed by atoms with E-state index in [9.17, 15) is 9.59 Å². The number of carbonyl (C=O) groups is 2. The van der Waals surface area contributed by atoms with Crippen molar-refractivity contribution in [3.05, 3.63) is 35.9 Å². The second kappa shape index (κ2) is 8.58. The molecule has 1 aromatic carbocycles. The summed E-state index contributed by atoms with van der Waals surface area (Å²) in [5, 5.41) is 0.0257. The van der Waals surface area contributed by atoms with Gasteiger partial charge in [0.2, 0.25) is 0 Å². The highest BCUT2D eigenvalue weighted by Gasteiger charge is 2.54. The van der Waals surface area contributed by atoms with Gasteiger partial charge in [0.1, 0.15) is 11.6 Å². The van der Waals surface area contributed by atoms with E-state index in [-0.39, 0.29) is 17.6 Å². The largest absolute Gasteiger partial charge is 0.443 e. The Morgan fingerprint density at radius 3 is 2.17 bits per heavy atom. The zero-order valence-electron chi connectivity index (χ0n) is 18.9. The summed E-state index contributed by atoms with van der Waals surface area (Å²) in [6.45, 7) is 16.6. The van der Waals surface area contributed by atoms with E-state index < -0.39 is 32.2 Å². The number of hydrogen-bond acceptors (Lipinski definition) is 5. The molecule has 0 radical (unpaired) electrons. The number of ether oxygens (including phenoxy) is 2. The Bertz CT molecular complexity index is 721. The first-order chi connectivity index (χ1) is 13.2. The second-order valence-corrected chi connectivity index (χ2v) is 14.9. The van der Waals surface area contributed by atoms with Crippen molar-refractivity contribution in [1.82, 2.24) is 4.90 Å². The molecule has 162 valence electrons. The number of carbonyl (C=O) groups excluding carboxylic acids is 2. The molecule has 0 unspecified atom stereocenters. The van der Waals surface area contributed by atoms with Crippen molar-refractivity contribution in [3.8, 4) is 0 Å². The number of imide groups is 1. The van der Waals surface area contributed by atoms with Gasteiger partial charge >= 0.3 is 6.09 Å². The van der Waals surface area contributed by atoms with Crippen LogP contribution in [-0.4, -0.2) is 49.6 Å². The summed E-state index contributed by atoms with van der Waals surface area (Å²) in [5.41, 5.74) is 0.290. The van der Waals surface area contributed by atoms with E-state index >= 15 is 0 Å². The predicted molar refractivity (Wildman–Crippen MR) is 115 cm³/mol. The van der Waals surface area contributed by atoms with E-state index in [0.717, 1.165) is 10.5 Å². The normalized spacial score (nSPS) is 20.4. The summed E-state index contributed by atoms with van der Waals surface area (Å²) >= 11 is 0. The predicted octanol–water partition coefficient (Wildman–Crippen LogP) is 4.74. The third kappa shape index (κ3) is 5.90. The van der Waals surface area contributed by atoms with Crippen LogP contribution in [0.4, 0.5) is 4.79 Å². The monoisotopic (exact) mass is 421 g/mol. The van der Waals surface area contributed by atoms with Crippen molar-refractivity contribution in [2.45, 2.75) is 84.0 Å². The third-order valence-electron chi connectivity index (χ3n) is 5.45. The van der Waals surface area contributed by atoms with Gasteiger partial charge in [-0.3, -0.25) is 4.79 Å². The van der Waals surface area contributed by atoms with Crippen molar-refractivity contribution >= 4 is 20.3 Å². The van der Waals surface area contributed by atoms with Gasteiger partial charge in [-0.25, -0.2) is 9.69 Å². The fourth-order valence-corrected chi connectivity index (χ4v) is 3.69.